The number of amides is 1. The first-order chi connectivity index (χ1) is 14.7. The molecule has 7 nitrogen and oxygen atoms in total. The quantitative estimate of drug-likeness (QED) is 0.661. The maximum absolute atomic E-state index is 12.8. The SMILES string of the molecule is CC(C)(C)c1ccccc1OCCNC(=O)c1cccc(S(=O)(=O)N2CCOCC2)c1. The van der Waals surface area contributed by atoms with Crippen molar-refractivity contribution in [1.82, 2.24) is 9.62 Å². The summed E-state index contributed by atoms with van der Waals surface area (Å²) in [5, 5.41) is 2.79. The van der Waals surface area contributed by atoms with Gasteiger partial charge in [-0.05, 0) is 35.2 Å². The van der Waals surface area contributed by atoms with Gasteiger partial charge >= 0.3 is 0 Å². The van der Waals surface area contributed by atoms with E-state index in [1.807, 2.05) is 24.3 Å². The third-order valence-corrected chi connectivity index (χ3v) is 6.94. The van der Waals surface area contributed by atoms with Crippen molar-refractivity contribution in [2.45, 2.75) is 31.1 Å². The molecule has 0 atom stereocenters. The van der Waals surface area contributed by atoms with E-state index in [0.29, 0.717) is 45.0 Å². The van der Waals surface area contributed by atoms with Crippen LogP contribution in [0.25, 0.3) is 0 Å². The van der Waals surface area contributed by atoms with Gasteiger partial charge in [0, 0.05) is 18.7 Å². The number of carbonyl (C=O) groups is 1. The number of nitrogens with zero attached hydrogens (tertiary/aromatic N) is 1. The summed E-state index contributed by atoms with van der Waals surface area (Å²) in [4.78, 5) is 12.7. The van der Waals surface area contributed by atoms with Gasteiger partial charge in [-0.25, -0.2) is 8.42 Å². The van der Waals surface area contributed by atoms with Crippen molar-refractivity contribution >= 4 is 15.9 Å². The number of morpholine rings is 1. The Bertz CT molecular complexity index is 1010. The normalized spacial score (nSPS) is 15.5. The van der Waals surface area contributed by atoms with E-state index in [1.165, 1.54) is 16.4 Å². The molecule has 8 heteroatoms. The van der Waals surface area contributed by atoms with Crippen LogP contribution >= 0.6 is 0 Å². The summed E-state index contributed by atoms with van der Waals surface area (Å²) in [6, 6.07) is 14.0. The van der Waals surface area contributed by atoms with Crippen molar-refractivity contribution in [1.29, 1.82) is 0 Å². The van der Waals surface area contributed by atoms with Crippen LogP contribution in [0.15, 0.2) is 53.4 Å². The third-order valence-electron chi connectivity index (χ3n) is 5.04. The lowest BCUT2D eigenvalue weighted by atomic mass is 9.86. The molecule has 1 N–H and O–H groups in total. The molecule has 0 aromatic heterocycles. The molecule has 1 amide bonds. The Morgan fingerprint density at radius 1 is 1.10 bits per heavy atom. The molecular weight excluding hydrogens is 416 g/mol. The topological polar surface area (TPSA) is 84.9 Å². The fourth-order valence-corrected chi connectivity index (χ4v) is 4.83. The predicted molar refractivity (Wildman–Crippen MR) is 119 cm³/mol. The first-order valence-corrected chi connectivity index (χ1v) is 11.8. The average Bonchev–Trinajstić information content (AvgIpc) is 2.77. The third kappa shape index (κ3) is 5.84. The molecule has 0 radical (unpaired) electrons. The lowest BCUT2D eigenvalue weighted by Crippen LogP contribution is -2.40. The van der Waals surface area contributed by atoms with Gasteiger partial charge in [-0.3, -0.25) is 4.79 Å². The minimum Gasteiger partial charge on any atom is -0.491 e. The van der Waals surface area contributed by atoms with Gasteiger partial charge in [0.25, 0.3) is 5.91 Å². The minimum absolute atomic E-state index is 0.0494. The fourth-order valence-electron chi connectivity index (χ4n) is 3.37. The molecule has 31 heavy (non-hydrogen) atoms. The van der Waals surface area contributed by atoms with Crippen LogP contribution in [0.1, 0.15) is 36.7 Å². The maximum atomic E-state index is 12.8. The minimum atomic E-state index is -3.65. The van der Waals surface area contributed by atoms with Crippen molar-refractivity contribution < 1.29 is 22.7 Å². The zero-order valence-corrected chi connectivity index (χ0v) is 19.1. The largest absolute Gasteiger partial charge is 0.491 e. The van der Waals surface area contributed by atoms with Gasteiger partial charge in [0.1, 0.15) is 12.4 Å². The van der Waals surface area contributed by atoms with E-state index in [0.717, 1.165) is 11.3 Å². The molecule has 1 aliphatic heterocycles. The van der Waals surface area contributed by atoms with Crippen LogP contribution in [0, 0.1) is 0 Å². The number of rotatable bonds is 7. The molecule has 0 saturated carbocycles. The van der Waals surface area contributed by atoms with E-state index in [9.17, 15) is 13.2 Å². The Labute approximate surface area is 184 Å². The molecule has 1 saturated heterocycles. The van der Waals surface area contributed by atoms with Crippen LogP contribution in [-0.2, 0) is 20.2 Å². The Morgan fingerprint density at radius 3 is 2.52 bits per heavy atom. The lowest BCUT2D eigenvalue weighted by molar-refractivity contribution is 0.0730. The van der Waals surface area contributed by atoms with Crippen molar-refractivity contribution in [3.05, 3.63) is 59.7 Å². The summed E-state index contributed by atoms with van der Waals surface area (Å²) < 4.78 is 38.1. The number of ether oxygens (including phenoxy) is 2. The smallest absolute Gasteiger partial charge is 0.251 e. The first-order valence-electron chi connectivity index (χ1n) is 10.4. The number of benzene rings is 2. The second-order valence-corrected chi connectivity index (χ2v) is 10.3. The van der Waals surface area contributed by atoms with Crippen LogP contribution in [0.4, 0.5) is 0 Å². The summed E-state index contributed by atoms with van der Waals surface area (Å²) in [7, 11) is -3.65. The Balaban J connectivity index is 1.59. The Hall–Kier alpha value is -2.42. The van der Waals surface area contributed by atoms with E-state index in [-0.39, 0.29) is 16.2 Å². The monoisotopic (exact) mass is 446 g/mol. The van der Waals surface area contributed by atoms with Crippen LogP contribution in [0.3, 0.4) is 0 Å². The molecule has 2 aromatic carbocycles. The number of carbonyl (C=O) groups excluding carboxylic acids is 1. The Morgan fingerprint density at radius 2 is 1.81 bits per heavy atom. The highest BCUT2D eigenvalue weighted by Crippen LogP contribution is 2.30. The molecule has 0 spiro atoms. The maximum Gasteiger partial charge on any atom is 0.251 e. The van der Waals surface area contributed by atoms with E-state index >= 15 is 0 Å². The number of hydrogen-bond donors (Lipinski definition) is 1. The number of hydrogen-bond acceptors (Lipinski definition) is 5. The molecule has 3 rings (SSSR count). The number of nitrogens with one attached hydrogen (secondary N) is 1. The highest BCUT2D eigenvalue weighted by molar-refractivity contribution is 7.89. The van der Waals surface area contributed by atoms with Gasteiger partial charge in [-0.2, -0.15) is 4.31 Å². The predicted octanol–water partition coefficient (Wildman–Crippen LogP) is 2.81. The summed E-state index contributed by atoms with van der Waals surface area (Å²) in [5.74, 6) is 0.453. The molecule has 1 heterocycles. The second-order valence-electron chi connectivity index (χ2n) is 8.39. The van der Waals surface area contributed by atoms with Crippen LogP contribution in [0.5, 0.6) is 5.75 Å². The molecule has 168 valence electrons. The summed E-state index contributed by atoms with van der Waals surface area (Å²) in [6.07, 6.45) is 0. The van der Waals surface area contributed by atoms with E-state index < -0.39 is 10.0 Å². The van der Waals surface area contributed by atoms with Crippen LogP contribution in [0.2, 0.25) is 0 Å². The van der Waals surface area contributed by atoms with Crippen molar-refractivity contribution in [2.75, 3.05) is 39.5 Å². The summed E-state index contributed by atoms with van der Waals surface area (Å²) >= 11 is 0. The van der Waals surface area contributed by atoms with Gasteiger partial charge < -0.3 is 14.8 Å². The highest BCUT2D eigenvalue weighted by atomic mass is 32.2. The highest BCUT2D eigenvalue weighted by Gasteiger charge is 2.27. The van der Waals surface area contributed by atoms with Gasteiger partial charge in [-0.15, -0.1) is 0 Å². The van der Waals surface area contributed by atoms with E-state index in [2.05, 4.69) is 26.1 Å². The van der Waals surface area contributed by atoms with Gasteiger partial charge in [-0.1, -0.05) is 45.0 Å². The first kappa shape index (κ1) is 23.2. The van der Waals surface area contributed by atoms with Crippen LogP contribution in [-0.4, -0.2) is 58.1 Å². The van der Waals surface area contributed by atoms with Crippen molar-refractivity contribution in [3.63, 3.8) is 0 Å². The number of para-hydroxylation sites is 1. The van der Waals surface area contributed by atoms with Crippen LogP contribution < -0.4 is 10.1 Å². The van der Waals surface area contributed by atoms with Crippen molar-refractivity contribution in [3.8, 4) is 5.75 Å². The molecule has 0 unspecified atom stereocenters. The summed E-state index contributed by atoms with van der Waals surface area (Å²) in [6.45, 7) is 8.34. The molecule has 0 bridgehead atoms. The standard InChI is InChI=1S/C23H30N2O5S/c1-23(2,3)20-9-4-5-10-21(20)30-14-11-24-22(26)18-7-6-8-19(17-18)31(27,28)25-12-15-29-16-13-25/h4-10,17H,11-16H2,1-3H3,(H,24,26). The molecular formula is C23H30N2O5S. The van der Waals surface area contributed by atoms with E-state index in [1.54, 1.807) is 12.1 Å². The zero-order valence-electron chi connectivity index (χ0n) is 18.3. The molecule has 1 aliphatic rings. The Kier molecular flexibility index (Phi) is 7.35. The van der Waals surface area contributed by atoms with Crippen molar-refractivity contribution in [2.24, 2.45) is 0 Å². The fraction of sp³-hybridized carbons (Fsp3) is 0.435. The van der Waals surface area contributed by atoms with E-state index in [4.69, 9.17) is 9.47 Å². The molecule has 2 aromatic rings. The lowest BCUT2D eigenvalue weighted by Gasteiger charge is -2.26. The average molecular weight is 447 g/mol. The number of sulfonamides is 1. The molecule has 0 aliphatic carbocycles. The summed E-state index contributed by atoms with van der Waals surface area (Å²) in [5.41, 5.74) is 1.35. The zero-order chi connectivity index (χ0) is 22.5. The molecule has 1 fully saturated rings. The van der Waals surface area contributed by atoms with Gasteiger partial charge in [0.05, 0.1) is 24.7 Å². The van der Waals surface area contributed by atoms with Gasteiger partial charge in [0.2, 0.25) is 10.0 Å². The second kappa shape index (κ2) is 9.80. The van der Waals surface area contributed by atoms with Gasteiger partial charge in [0.15, 0.2) is 0 Å².